The number of pyridine rings is 1. The van der Waals surface area contributed by atoms with Crippen LogP contribution in [-0.4, -0.2) is 43.5 Å². The van der Waals surface area contributed by atoms with E-state index < -0.39 is 10.0 Å². The Kier molecular flexibility index (Phi) is 5.55. The molecule has 2 aliphatic heterocycles. The Labute approximate surface area is 190 Å². The van der Waals surface area contributed by atoms with Gasteiger partial charge in [0.1, 0.15) is 0 Å². The van der Waals surface area contributed by atoms with Gasteiger partial charge in [-0.25, -0.2) is 8.42 Å². The minimum Gasteiger partial charge on any atom is -0.454 e. The Bertz CT molecular complexity index is 1380. The molecule has 0 radical (unpaired) electrons. The molecule has 33 heavy (non-hydrogen) atoms. The van der Waals surface area contributed by atoms with Crippen molar-refractivity contribution in [3.63, 3.8) is 0 Å². The smallest absolute Gasteiger partial charge is 0.248 e. The fourth-order valence-electron chi connectivity index (χ4n) is 4.18. The van der Waals surface area contributed by atoms with E-state index in [4.69, 9.17) is 9.47 Å². The van der Waals surface area contributed by atoms with Crippen LogP contribution in [0.3, 0.4) is 0 Å². The molecule has 1 saturated heterocycles. The number of aromatic nitrogens is 1. The Balaban J connectivity index is 1.20. The molecule has 1 amide bonds. The zero-order chi connectivity index (χ0) is 23.0. The topological polar surface area (TPSA) is 118 Å². The summed E-state index contributed by atoms with van der Waals surface area (Å²) in [5.74, 6) is 1.03. The molecule has 9 nitrogen and oxygen atoms in total. The lowest BCUT2D eigenvalue weighted by atomic mass is 9.97. The zero-order valence-electron chi connectivity index (χ0n) is 17.7. The first-order chi connectivity index (χ1) is 15.9. The summed E-state index contributed by atoms with van der Waals surface area (Å²) >= 11 is 0. The highest BCUT2D eigenvalue weighted by Gasteiger charge is 2.32. The molecule has 1 aromatic heterocycles. The van der Waals surface area contributed by atoms with Crippen LogP contribution in [-0.2, 0) is 21.4 Å². The van der Waals surface area contributed by atoms with Crippen LogP contribution < -0.4 is 20.3 Å². The molecule has 0 atom stereocenters. The van der Waals surface area contributed by atoms with Gasteiger partial charge in [-0.15, -0.1) is 0 Å². The molecule has 0 aliphatic carbocycles. The number of hydrogen-bond donors (Lipinski definition) is 2. The number of nitrogens with one attached hydrogen (secondary N) is 2. The van der Waals surface area contributed by atoms with Gasteiger partial charge >= 0.3 is 0 Å². The first kappa shape index (κ1) is 21.5. The summed E-state index contributed by atoms with van der Waals surface area (Å²) in [7, 11) is -3.69. The van der Waals surface area contributed by atoms with E-state index >= 15 is 0 Å². The SMILES string of the molecule is O=C(NCc1ccc2c(c1)OCO2)C1CCN(S(=O)(=O)c2ccc3[nH]c(=O)ccc3c2)CC1. The molecule has 0 bridgehead atoms. The number of H-pyrrole nitrogens is 1. The molecule has 3 aromatic rings. The Hall–Kier alpha value is -3.37. The molecular formula is C23H23N3O6S. The monoisotopic (exact) mass is 469 g/mol. The fraction of sp³-hybridized carbons (Fsp3) is 0.304. The highest BCUT2D eigenvalue weighted by atomic mass is 32.2. The standard InChI is InChI=1S/C23H23N3O6S/c27-22-6-2-17-12-18(3-4-19(17)25-22)33(29,30)26-9-7-16(8-10-26)23(28)24-13-15-1-5-20-21(11-15)32-14-31-20/h1-6,11-12,16H,7-10,13-14H2,(H,24,28)(H,25,27). The molecule has 10 heteroatoms. The summed E-state index contributed by atoms with van der Waals surface area (Å²) in [5, 5.41) is 3.58. The molecule has 2 aromatic carbocycles. The molecule has 5 rings (SSSR count). The van der Waals surface area contributed by atoms with Gasteiger partial charge in [-0.2, -0.15) is 4.31 Å². The molecule has 172 valence electrons. The molecule has 0 saturated carbocycles. The molecule has 2 aliphatic rings. The number of benzene rings is 2. The second-order valence-corrected chi connectivity index (χ2v) is 10.1. The Morgan fingerprint density at radius 2 is 1.82 bits per heavy atom. The Morgan fingerprint density at radius 3 is 2.64 bits per heavy atom. The fourth-order valence-corrected chi connectivity index (χ4v) is 5.69. The van der Waals surface area contributed by atoms with Crippen molar-refractivity contribution in [2.45, 2.75) is 24.3 Å². The molecule has 0 unspecified atom stereocenters. The van der Waals surface area contributed by atoms with Crippen LogP contribution in [0.25, 0.3) is 10.9 Å². The van der Waals surface area contributed by atoms with Gasteiger partial charge in [0.15, 0.2) is 11.5 Å². The third-order valence-corrected chi connectivity index (χ3v) is 7.96. The highest BCUT2D eigenvalue weighted by molar-refractivity contribution is 7.89. The van der Waals surface area contributed by atoms with E-state index in [-0.39, 0.29) is 42.2 Å². The number of fused-ring (bicyclic) bond motifs is 2. The van der Waals surface area contributed by atoms with Crippen LogP contribution in [0.1, 0.15) is 18.4 Å². The van der Waals surface area contributed by atoms with Crippen LogP contribution in [0, 0.1) is 5.92 Å². The number of amides is 1. The molecule has 3 heterocycles. The summed E-state index contributed by atoms with van der Waals surface area (Å²) < 4.78 is 38.3. The van der Waals surface area contributed by atoms with E-state index in [2.05, 4.69) is 10.3 Å². The summed E-state index contributed by atoms with van der Waals surface area (Å²) in [6.07, 6.45) is 0.903. The number of aromatic amines is 1. The van der Waals surface area contributed by atoms with Crippen LogP contribution >= 0.6 is 0 Å². The van der Waals surface area contributed by atoms with Crippen LogP contribution in [0.4, 0.5) is 0 Å². The number of rotatable bonds is 5. The molecule has 1 fully saturated rings. The van der Waals surface area contributed by atoms with Crippen LogP contribution in [0.5, 0.6) is 11.5 Å². The van der Waals surface area contributed by atoms with Crippen molar-refractivity contribution in [2.75, 3.05) is 19.9 Å². The maximum absolute atomic E-state index is 13.1. The number of hydrogen-bond acceptors (Lipinski definition) is 6. The van der Waals surface area contributed by atoms with Crippen LogP contribution in [0.2, 0.25) is 0 Å². The van der Waals surface area contributed by atoms with Crippen molar-refractivity contribution >= 4 is 26.8 Å². The lowest BCUT2D eigenvalue weighted by Crippen LogP contribution is -2.42. The van der Waals surface area contributed by atoms with Gasteiger partial charge in [0, 0.05) is 37.1 Å². The van der Waals surface area contributed by atoms with Crippen LogP contribution in [0.15, 0.2) is 58.2 Å². The molecule has 0 spiro atoms. The molecular weight excluding hydrogens is 446 g/mol. The lowest BCUT2D eigenvalue weighted by Gasteiger charge is -2.30. The second-order valence-electron chi connectivity index (χ2n) is 8.16. The third kappa shape index (κ3) is 4.31. The van der Waals surface area contributed by atoms with E-state index in [0.717, 1.165) is 5.56 Å². The van der Waals surface area contributed by atoms with Crippen molar-refractivity contribution < 1.29 is 22.7 Å². The predicted octanol–water partition coefficient (Wildman–Crippen LogP) is 1.97. The summed E-state index contributed by atoms with van der Waals surface area (Å²) in [6.45, 7) is 1.11. The quantitative estimate of drug-likeness (QED) is 0.590. The maximum atomic E-state index is 13.1. The minimum atomic E-state index is -3.69. The van der Waals surface area contributed by atoms with E-state index in [1.165, 1.54) is 16.4 Å². The third-order valence-electron chi connectivity index (χ3n) is 6.06. The second kappa shape index (κ2) is 8.53. The summed E-state index contributed by atoms with van der Waals surface area (Å²) in [5.41, 5.74) is 1.25. The zero-order valence-corrected chi connectivity index (χ0v) is 18.6. The van der Waals surface area contributed by atoms with Gasteiger partial charge in [0.2, 0.25) is 28.3 Å². The van der Waals surface area contributed by atoms with E-state index in [1.807, 2.05) is 18.2 Å². The average molecular weight is 470 g/mol. The van der Waals surface area contributed by atoms with Gasteiger partial charge in [-0.1, -0.05) is 6.07 Å². The number of carbonyl (C=O) groups is 1. The first-order valence-corrected chi connectivity index (χ1v) is 12.1. The van der Waals surface area contributed by atoms with E-state index in [9.17, 15) is 18.0 Å². The minimum absolute atomic E-state index is 0.0839. The lowest BCUT2D eigenvalue weighted by molar-refractivity contribution is -0.126. The van der Waals surface area contributed by atoms with Crippen molar-refractivity contribution in [1.29, 1.82) is 0 Å². The number of piperidine rings is 1. The number of sulfonamides is 1. The number of carbonyl (C=O) groups excluding carboxylic acids is 1. The molecule has 2 N–H and O–H groups in total. The maximum Gasteiger partial charge on any atom is 0.248 e. The Morgan fingerprint density at radius 1 is 1.03 bits per heavy atom. The highest BCUT2D eigenvalue weighted by Crippen LogP contribution is 2.32. The van der Waals surface area contributed by atoms with Crippen molar-refractivity contribution in [3.05, 3.63) is 64.4 Å². The number of ether oxygens (including phenoxy) is 2. The van der Waals surface area contributed by atoms with E-state index in [1.54, 1.807) is 18.2 Å². The van der Waals surface area contributed by atoms with Crippen molar-refractivity contribution in [2.24, 2.45) is 5.92 Å². The van der Waals surface area contributed by atoms with Gasteiger partial charge in [0.25, 0.3) is 0 Å². The first-order valence-electron chi connectivity index (χ1n) is 10.7. The predicted molar refractivity (Wildman–Crippen MR) is 120 cm³/mol. The van der Waals surface area contributed by atoms with Gasteiger partial charge < -0.3 is 19.8 Å². The average Bonchev–Trinajstić information content (AvgIpc) is 3.30. The van der Waals surface area contributed by atoms with Gasteiger partial charge in [0.05, 0.1) is 4.90 Å². The summed E-state index contributed by atoms with van der Waals surface area (Å²) in [6, 6.07) is 13.2. The van der Waals surface area contributed by atoms with E-state index in [0.29, 0.717) is 41.8 Å². The van der Waals surface area contributed by atoms with Crippen molar-refractivity contribution in [3.8, 4) is 11.5 Å². The largest absolute Gasteiger partial charge is 0.454 e. The van der Waals surface area contributed by atoms with Crippen molar-refractivity contribution in [1.82, 2.24) is 14.6 Å². The summed E-state index contributed by atoms with van der Waals surface area (Å²) in [4.78, 5) is 26.9. The van der Waals surface area contributed by atoms with Gasteiger partial charge in [-0.3, -0.25) is 9.59 Å². The van der Waals surface area contributed by atoms with Gasteiger partial charge in [-0.05, 0) is 60.2 Å². The normalized spacial score (nSPS) is 16.7. The number of nitrogens with zero attached hydrogens (tertiary/aromatic N) is 1.